The zero-order valence-electron chi connectivity index (χ0n) is 16.5. The highest BCUT2D eigenvalue weighted by Gasteiger charge is 2.15. The molecule has 0 unspecified atom stereocenters. The predicted octanol–water partition coefficient (Wildman–Crippen LogP) is 4.19. The summed E-state index contributed by atoms with van der Waals surface area (Å²) in [4.78, 5) is 12.6. The number of fused-ring (bicyclic) bond motifs is 2. The molecule has 30 heavy (non-hydrogen) atoms. The quantitative estimate of drug-likeness (QED) is 0.496. The molecule has 0 saturated heterocycles. The smallest absolute Gasteiger partial charge is 0.262 e. The Balaban J connectivity index is 1.55. The van der Waals surface area contributed by atoms with E-state index >= 15 is 0 Å². The molecular formula is C24H20N2O4. The van der Waals surface area contributed by atoms with E-state index in [4.69, 9.17) is 14.2 Å². The molecule has 0 fully saturated rings. The summed E-state index contributed by atoms with van der Waals surface area (Å²) in [5, 5.41) is 14.2. The average Bonchev–Trinajstić information content (AvgIpc) is 3.25. The van der Waals surface area contributed by atoms with Crippen molar-refractivity contribution in [3.8, 4) is 23.3 Å². The summed E-state index contributed by atoms with van der Waals surface area (Å²) in [5.41, 5.74) is 1.67. The fourth-order valence-electron chi connectivity index (χ4n) is 3.33. The van der Waals surface area contributed by atoms with Crippen LogP contribution in [0.3, 0.4) is 0 Å². The number of carbonyl (C=O) groups is 1. The van der Waals surface area contributed by atoms with Gasteiger partial charge in [0.25, 0.3) is 5.91 Å². The number of rotatable bonds is 6. The third kappa shape index (κ3) is 3.91. The van der Waals surface area contributed by atoms with Gasteiger partial charge in [0.2, 0.25) is 6.79 Å². The molecule has 1 N–H and O–H groups in total. The molecule has 6 heteroatoms. The molecule has 0 spiro atoms. The largest absolute Gasteiger partial charge is 0.493 e. The second kappa shape index (κ2) is 8.58. The van der Waals surface area contributed by atoms with Crippen molar-refractivity contribution < 1.29 is 19.0 Å². The lowest BCUT2D eigenvalue weighted by Gasteiger charge is -2.10. The molecule has 0 aliphatic carbocycles. The monoisotopic (exact) mass is 400 g/mol. The van der Waals surface area contributed by atoms with Gasteiger partial charge < -0.3 is 19.5 Å². The van der Waals surface area contributed by atoms with Gasteiger partial charge in [-0.25, -0.2) is 0 Å². The van der Waals surface area contributed by atoms with Gasteiger partial charge in [-0.3, -0.25) is 4.79 Å². The molecule has 1 aliphatic rings. The fraction of sp³-hybridized carbons (Fsp3) is 0.167. The molecule has 1 amide bonds. The van der Waals surface area contributed by atoms with E-state index in [0.29, 0.717) is 18.1 Å². The van der Waals surface area contributed by atoms with Crippen LogP contribution in [0.4, 0.5) is 0 Å². The lowest BCUT2D eigenvalue weighted by molar-refractivity contribution is -0.117. The van der Waals surface area contributed by atoms with Gasteiger partial charge in [-0.1, -0.05) is 36.4 Å². The maximum atomic E-state index is 12.6. The van der Waals surface area contributed by atoms with E-state index < -0.39 is 5.91 Å². The van der Waals surface area contributed by atoms with Gasteiger partial charge in [-0.15, -0.1) is 0 Å². The Kier molecular flexibility index (Phi) is 5.53. The lowest BCUT2D eigenvalue weighted by Crippen LogP contribution is -2.23. The van der Waals surface area contributed by atoms with Crippen LogP contribution >= 0.6 is 0 Å². The van der Waals surface area contributed by atoms with E-state index in [9.17, 15) is 10.1 Å². The van der Waals surface area contributed by atoms with Crippen molar-refractivity contribution in [1.82, 2.24) is 5.32 Å². The Hall–Kier alpha value is -3.98. The number of carbonyl (C=O) groups excluding carboxylic acids is 1. The van der Waals surface area contributed by atoms with E-state index in [0.717, 1.165) is 27.6 Å². The van der Waals surface area contributed by atoms with E-state index in [1.54, 1.807) is 12.1 Å². The first-order valence-corrected chi connectivity index (χ1v) is 9.62. The van der Waals surface area contributed by atoms with E-state index in [-0.39, 0.29) is 18.9 Å². The van der Waals surface area contributed by atoms with Crippen LogP contribution in [0.1, 0.15) is 18.1 Å². The van der Waals surface area contributed by atoms with Crippen molar-refractivity contribution >= 4 is 22.8 Å². The highest BCUT2D eigenvalue weighted by molar-refractivity contribution is 6.04. The number of hydrogen-bond acceptors (Lipinski definition) is 5. The van der Waals surface area contributed by atoms with E-state index in [2.05, 4.69) is 5.32 Å². The summed E-state index contributed by atoms with van der Waals surface area (Å²) in [5.74, 6) is 1.67. The van der Waals surface area contributed by atoms with Crippen molar-refractivity contribution in [3.05, 3.63) is 71.3 Å². The summed E-state index contributed by atoms with van der Waals surface area (Å²) in [6, 6.07) is 19.0. The van der Waals surface area contributed by atoms with Gasteiger partial charge in [-0.05, 0) is 47.7 Å². The summed E-state index contributed by atoms with van der Waals surface area (Å²) in [7, 11) is 0. The Morgan fingerprint density at radius 1 is 1.13 bits per heavy atom. The first-order valence-electron chi connectivity index (χ1n) is 9.62. The number of ether oxygens (including phenoxy) is 3. The zero-order chi connectivity index (χ0) is 20.9. The van der Waals surface area contributed by atoms with Gasteiger partial charge in [0.05, 0.1) is 6.61 Å². The highest BCUT2D eigenvalue weighted by Crippen LogP contribution is 2.32. The second-order valence-corrected chi connectivity index (χ2v) is 6.67. The van der Waals surface area contributed by atoms with Crippen molar-refractivity contribution in [2.24, 2.45) is 0 Å². The molecule has 6 nitrogen and oxygen atoms in total. The van der Waals surface area contributed by atoms with E-state index in [1.165, 1.54) is 0 Å². The van der Waals surface area contributed by atoms with Crippen LogP contribution in [-0.2, 0) is 11.3 Å². The minimum Gasteiger partial charge on any atom is -0.493 e. The maximum Gasteiger partial charge on any atom is 0.262 e. The third-order valence-corrected chi connectivity index (χ3v) is 4.77. The summed E-state index contributed by atoms with van der Waals surface area (Å²) in [6.45, 7) is 2.97. The molecule has 0 saturated carbocycles. The van der Waals surface area contributed by atoms with Crippen molar-refractivity contribution in [3.63, 3.8) is 0 Å². The number of nitrogens with one attached hydrogen (secondary N) is 1. The predicted molar refractivity (Wildman–Crippen MR) is 113 cm³/mol. The average molecular weight is 400 g/mol. The van der Waals surface area contributed by atoms with Gasteiger partial charge in [0.1, 0.15) is 17.4 Å². The van der Waals surface area contributed by atoms with Crippen LogP contribution in [0.5, 0.6) is 17.2 Å². The Labute approximate surface area is 174 Å². The topological polar surface area (TPSA) is 80.6 Å². The molecule has 0 radical (unpaired) electrons. The maximum absolute atomic E-state index is 12.6. The first-order chi connectivity index (χ1) is 14.7. The lowest BCUT2D eigenvalue weighted by atomic mass is 10.0. The molecule has 0 bridgehead atoms. The number of amides is 1. The standard InChI is InChI=1S/C24H20N2O4/c1-2-28-21-10-8-17(19-5-3-4-6-20(19)21)12-18(13-25)24(27)26-14-16-7-9-22-23(11-16)30-15-29-22/h3-12H,2,14-15H2,1H3,(H,26,27)/b18-12+. The SMILES string of the molecule is CCOc1ccc(/C=C(\C#N)C(=O)NCc2ccc3c(c2)OCO3)c2ccccc12. The van der Waals surface area contributed by atoms with Gasteiger partial charge in [-0.2, -0.15) is 5.26 Å². The number of benzene rings is 3. The molecule has 0 atom stereocenters. The summed E-state index contributed by atoms with van der Waals surface area (Å²) >= 11 is 0. The first kappa shape index (κ1) is 19.3. The van der Waals surface area contributed by atoms with Gasteiger partial charge in [0.15, 0.2) is 11.5 Å². The minimum absolute atomic E-state index is 0.0325. The molecule has 150 valence electrons. The van der Waals surface area contributed by atoms with Crippen molar-refractivity contribution in [2.45, 2.75) is 13.5 Å². The zero-order valence-corrected chi connectivity index (χ0v) is 16.5. The molecule has 3 aromatic rings. The van der Waals surface area contributed by atoms with Crippen molar-refractivity contribution in [1.29, 1.82) is 5.26 Å². The summed E-state index contributed by atoms with van der Waals surface area (Å²) < 4.78 is 16.3. The van der Waals surface area contributed by atoms with Crippen molar-refractivity contribution in [2.75, 3.05) is 13.4 Å². The number of nitrogens with zero attached hydrogens (tertiary/aromatic N) is 1. The van der Waals surface area contributed by atoms with Gasteiger partial charge in [0, 0.05) is 11.9 Å². The molecule has 1 aliphatic heterocycles. The van der Waals surface area contributed by atoms with Gasteiger partial charge >= 0.3 is 0 Å². The highest BCUT2D eigenvalue weighted by atomic mass is 16.7. The van der Waals surface area contributed by atoms with Crippen LogP contribution < -0.4 is 19.5 Å². The van der Waals surface area contributed by atoms with Crippen LogP contribution in [0.15, 0.2) is 60.2 Å². The molecule has 0 aromatic heterocycles. The normalized spacial score (nSPS) is 12.5. The Bertz CT molecular complexity index is 1180. The van der Waals surface area contributed by atoms with Crippen LogP contribution in [0, 0.1) is 11.3 Å². The van der Waals surface area contributed by atoms with Crippen LogP contribution in [0.25, 0.3) is 16.8 Å². The number of hydrogen-bond donors (Lipinski definition) is 1. The molecule has 3 aromatic carbocycles. The number of nitriles is 1. The van der Waals surface area contributed by atoms with Crippen LogP contribution in [0.2, 0.25) is 0 Å². The second-order valence-electron chi connectivity index (χ2n) is 6.67. The fourth-order valence-corrected chi connectivity index (χ4v) is 3.33. The minimum atomic E-state index is -0.437. The van der Waals surface area contributed by atoms with Crippen LogP contribution in [-0.4, -0.2) is 19.3 Å². The van der Waals surface area contributed by atoms with E-state index in [1.807, 2.05) is 61.5 Å². The Morgan fingerprint density at radius 3 is 2.73 bits per heavy atom. The third-order valence-electron chi connectivity index (χ3n) is 4.77. The molecular weight excluding hydrogens is 380 g/mol. The summed E-state index contributed by atoms with van der Waals surface area (Å²) in [6.07, 6.45) is 1.60. The Morgan fingerprint density at radius 2 is 1.93 bits per heavy atom. The molecule has 4 rings (SSSR count). The molecule has 1 heterocycles.